The number of nitrogens with one attached hydrogen (secondary N) is 1. The second-order valence-electron chi connectivity index (χ2n) is 2.35. The van der Waals surface area contributed by atoms with Crippen LogP contribution < -0.4 is 0 Å². The van der Waals surface area contributed by atoms with Crippen molar-refractivity contribution >= 4 is 10.9 Å². The van der Waals surface area contributed by atoms with Gasteiger partial charge in [0.05, 0.1) is 29.0 Å². The Kier molecular flexibility index (Phi) is 2.95. The van der Waals surface area contributed by atoms with Gasteiger partial charge in [-0.1, -0.05) is 13.8 Å². The summed E-state index contributed by atoms with van der Waals surface area (Å²) in [5.74, 6) is -0.295. The van der Waals surface area contributed by atoms with Crippen LogP contribution in [-0.4, -0.2) is 15.2 Å². The summed E-state index contributed by atoms with van der Waals surface area (Å²) in [5, 5.41) is 6.83. The Hall–Kier alpha value is -1.45. The van der Waals surface area contributed by atoms with E-state index in [4.69, 9.17) is 0 Å². The molecule has 0 aliphatic rings. The molecule has 0 bridgehead atoms. The highest BCUT2D eigenvalue weighted by atomic mass is 19.1. The van der Waals surface area contributed by atoms with Crippen LogP contribution in [0, 0.1) is 12.7 Å². The van der Waals surface area contributed by atoms with E-state index in [1.165, 1.54) is 6.20 Å². The maximum atomic E-state index is 13.1. The zero-order valence-electron chi connectivity index (χ0n) is 7.93. The van der Waals surface area contributed by atoms with Crippen molar-refractivity contribution < 1.29 is 5.82 Å². The molecule has 72 valence electrons. The van der Waals surface area contributed by atoms with Crippen LogP contribution in [0.15, 0.2) is 12.4 Å². The fourth-order valence-electron chi connectivity index (χ4n) is 0.982. The highest BCUT2D eigenvalue weighted by molar-refractivity contribution is 5.77. The topological polar surface area (TPSA) is 41.6 Å². The van der Waals surface area contributed by atoms with Crippen molar-refractivity contribution in [2.45, 2.75) is 20.8 Å². The largest absolute Gasteiger partial charge is 0.276 e. The molecule has 3 nitrogen and oxygen atoms in total. The lowest BCUT2D eigenvalue weighted by molar-refractivity contribution is 0.622. The van der Waals surface area contributed by atoms with Crippen molar-refractivity contribution in [1.82, 2.24) is 15.2 Å². The van der Waals surface area contributed by atoms with E-state index in [9.17, 15) is 4.39 Å². The number of aromatic amines is 1. The smallest absolute Gasteiger partial charge is 0.155 e. The Morgan fingerprint density at radius 1 is 1.38 bits per heavy atom. The molecule has 0 aromatic carbocycles. The standard InChI is InChI=1S/C7H6FN3.C2H6.H2/c1-4-7(8)5-2-10-11-6(5)3-9-4;1-2;/h2-3H,1H3,(H,10,11);1-2H3;1H. The molecule has 0 unspecified atom stereocenters. The number of pyridine rings is 1. The minimum absolute atomic E-state index is 0. The monoisotopic (exact) mass is 183 g/mol. The molecule has 0 atom stereocenters. The highest BCUT2D eigenvalue weighted by Gasteiger charge is 2.05. The summed E-state index contributed by atoms with van der Waals surface area (Å²) in [4.78, 5) is 3.83. The molecule has 4 heteroatoms. The van der Waals surface area contributed by atoms with Crippen molar-refractivity contribution in [3.8, 4) is 0 Å². The van der Waals surface area contributed by atoms with Crippen molar-refractivity contribution in [1.29, 1.82) is 0 Å². The average molecular weight is 183 g/mol. The quantitative estimate of drug-likeness (QED) is 0.682. The van der Waals surface area contributed by atoms with Crippen LogP contribution in [0.3, 0.4) is 0 Å². The summed E-state index contributed by atoms with van der Waals surface area (Å²) in [6.07, 6.45) is 3.03. The summed E-state index contributed by atoms with van der Waals surface area (Å²) in [5.41, 5.74) is 1.03. The zero-order valence-corrected chi connectivity index (χ0v) is 7.93. The van der Waals surface area contributed by atoms with Gasteiger partial charge in [-0.15, -0.1) is 0 Å². The summed E-state index contributed by atoms with van der Waals surface area (Å²) in [7, 11) is 0. The maximum absolute atomic E-state index is 13.1. The maximum Gasteiger partial charge on any atom is 0.155 e. The Labute approximate surface area is 77.5 Å². The second kappa shape index (κ2) is 3.98. The number of halogens is 1. The number of hydrogen-bond donors (Lipinski definition) is 1. The summed E-state index contributed by atoms with van der Waals surface area (Å²) < 4.78 is 13.1. The van der Waals surface area contributed by atoms with E-state index in [-0.39, 0.29) is 7.24 Å². The van der Waals surface area contributed by atoms with Crippen LogP contribution >= 0.6 is 0 Å². The Bertz CT molecular complexity index is 400. The van der Waals surface area contributed by atoms with E-state index in [0.29, 0.717) is 16.6 Å². The molecule has 0 saturated heterocycles. The van der Waals surface area contributed by atoms with Gasteiger partial charge in [0.1, 0.15) is 0 Å². The van der Waals surface area contributed by atoms with Gasteiger partial charge in [0.2, 0.25) is 0 Å². The first-order valence-electron chi connectivity index (χ1n) is 4.23. The number of rotatable bonds is 0. The number of hydrogen-bond acceptors (Lipinski definition) is 2. The van der Waals surface area contributed by atoms with Crippen molar-refractivity contribution in [3.63, 3.8) is 0 Å². The second-order valence-corrected chi connectivity index (χ2v) is 2.35. The van der Waals surface area contributed by atoms with Crippen LogP contribution in [0.2, 0.25) is 0 Å². The SMILES string of the molecule is CC.Cc1ncc2[nH]ncc2c1F.[HH]. The predicted molar refractivity (Wildman–Crippen MR) is 52.0 cm³/mol. The summed E-state index contributed by atoms with van der Waals surface area (Å²) >= 11 is 0. The number of H-pyrrole nitrogens is 1. The van der Waals surface area contributed by atoms with E-state index in [1.54, 1.807) is 13.1 Å². The van der Waals surface area contributed by atoms with Crippen LogP contribution in [0.1, 0.15) is 21.0 Å². The Morgan fingerprint density at radius 2 is 2.08 bits per heavy atom. The van der Waals surface area contributed by atoms with Gasteiger partial charge in [-0.3, -0.25) is 10.1 Å². The van der Waals surface area contributed by atoms with Gasteiger partial charge >= 0.3 is 0 Å². The van der Waals surface area contributed by atoms with Gasteiger partial charge in [0.15, 0.2) is 5.82 Å². The zero-order chi connectivity index (χ0) is 9.84. The van der Waals surface area contributed by atoms with Crippen LogP contribution in [0.5, 0.6) is 0 Å². The lowest BCUT2D eigenvalue weighted by Crippen LogP contribution is -1.86. The summed E-state index contributed by atoms with van der Waals surface area (Å²) in [6, 6.07) is 0. The van der Waals surface area contributed by atoms with Gasteiger partial charge in [0.25, 0.3) is 0 Å². The van der Waals surface area contributed by atoms with Gasteiger partial charge < -0.3 is 0 Å². The third kappa shape index (κ3) is 1.66. The minimum atomic E-state index is -0.295. The Balaban J connectivity index is 0.000000531. The van der Waals surface area contributed by atoms with E-state index < -0.39 is 0 Å². The van der Waals surface area contributed by atoms with E-state index in [1.807, 2.05) is 13.8 Å². The van der Waals surface area contributed by atoms with Crippen LogP contribution in [0.25, 0.3) is 10.9 Å². The number of nitrogens with zero attached hydrogens (tertiary/aromatic N) is 2. The molecule has 0 aliphatic heterocycles. The van der Waals surface area contributed by atoms with E-state index in [2.05, 4.69) is 15.2 Å². The molecule has 0 spiro atoms. The van der Waals surface area contributed by atoms with E-state index in [0.717, 1.165) is 0 Å². The molecular formula is C9H14FN3. The molecule has 0 fully saturated rings. The van der Waals surface area contributed by atoms with Gasteiger partial charge in [0, 0.05) is 1.43 Å². The van der Waals surface area contributed by atoms with Crippen LogP contribution in [-0.2, 0) is 0 Å². The molecule has 2 aromatic rings. The fourth-order valence-corrected chi connectivity index (χ4v) is 0.982. The van der Waals surface area contributed by atoms with Gasteiger partial charge in [-0.25, -0.2) is 4.39 Å². The van der Waals surface area contributed by atoms with Crippen molar-refractivity contribution in [2.75, 3.05) is 0 Å². The number of fused-ring (bicyclic) bond motifs is 1. The lowest BCUT2D eigenvalue weighted by atomic mass is 10.3. The fraction of sp³-hybridized carbons (Fsp3) is 0.333. The normalized spacial score (nSPS) is 9.54. The third-order valence-corrected chi connectivity index (χ3v) is 1.61. The first kappa shape index (κ1) is 9.64. The first-order chi connectivity index (χ1) is 6.29. The molecule has 2 heterocycles. The highest BCUT2D eigenvalue weighted by Crippen LogP contribution is 2.15. The van der Waals surface area contributed by atoms with Crippen LogP contribution in [0.4, 0.5) is 4.39 Å². The molecule has 2 rings (SSSR count). The number of aromatic nitrogens is 3. The van der Waals surface area contributed by atoms with Crippen molar-refractivity contribution in [3.05, 3.63) is 23.9 Å². The lowest BCUT2D eigenvalue weighted by Gasteiger charge is -1.93. The molecule has 13 heavy (non-hydrogen) atoms. The summed E-state index contributed by atoms with van der Waals surface area (Å²) in [6.45, 7) is 5.63. The van der Waals surface area contributed by atoms with E-state index >= 15 is 0 Å². The first-order valence-corrected chi connectivity index (χ1v) is 4.23. The third-order valence-electron chi connectivity index (χ3n) is 1.61. The molecule has 0 saturated carbocycles. The van der Waals surface area contributed by atoms with Gasteiger partial charge in [-0.2, -0.15) is 5.10 Å². The van der Waals surface area contributed by atoms with Crippen molar-refractivity contribution in [2.24, 2.45) is 0 Å². The number of aryl methyl sites for hydroxylation is 1. The molecule has 1 N–H and O–H groups in total. The minimum Gasteiger partial charge on any atom is -0.276 e. The predicted octanol–water partition coefficient (Wildman–Crippen LogP) is 2.68. The average Bonchev–Trinajstić information content (AvgIpc) is 2.63. The molecule has 0 aliphatic carbocycles. The molecule has 2 aromatic heterocycles. The molecular weight excluding hydrogens is 169 g/mol. The Morgan fingerprint density at radius 3 is 2.77 bits per heavy atom. The molecule has 0 amide bonds. The molecule has 0 radical (unpaired) electrons. The van der Waals surface area contributed by atoms with Gasteiger partial charge in [-0.05, 0) is 6.92 Å².